The second kappa shape index (κ2) is 4.79. The van der Waals surface area contributed by atoms with Gasteiger partial charge in [0, 0.05) is 14.2 Å². The van der Waals surface area contributed by atoms with Crippen LogP contribution in [0.15, 0.2) is 0 Å². The molecule has 2 aliphatic heterocycles. The molecule has 6 heteroatoms. The third-order valence-corrected chi connectivity index (χ3v) is 3.05. The van der Waals surface area contributed by atoms with Crippen LogP contribution in [0.1, 0.15) is 13.8 Å². The van der Waals surface area contributed by atoms with E-state index in [-0.39, 0.29) is 6.10 Å². The van der Waals surface area contributed by atoms with Crippen LogP contribution in [0, 0.1) is 0 Å². The number of aliphatic hydroxyl groups excluding tert-OH is 1. The van der Waals surface area contributed by atoms with Crippen LogP contribution in [-0.4, -0.2) is 62.4 Å². The number of rotatable bonds is 4. The standard InChI is InChI=1S/C11H20O6/c1-11(2)16-9-7(12)8(15-10(9)17-11)6(14-4)5-13-3/h6-10,12H,5H2,1-4H3/t6-,7+,8-,9-,10-/m1/s1. The van der Waals surface area contributed by atoms with E-state index in [2.05, 4.69) is 0 Å². The summed E-state index contributed by atoms with van der Waals surface area (Å²) in [7, 11) is 3.13. The molecule has 6 nitrogen and oxygen atoms in total. The van der Waals surface area contributed by atoms with E-state index >= 15 is 0 Å². The minimum Gasteiger partial charge on any atom is -0.387 e. The van der Waals surface area contributed by atoms with Crippen molar-refractivity contribution in [1.82, 2.24) is 0 Å². The first-order valence-electron chi connectivity index (χ1n) is 5.69. The summed E-state index contributed by atoms with van der Waals surface area (Å²) in [6.07, 6.45) is -2.62. The molecule has 0 saturated carbocycles. The molecule has 0 unspecified atom stereocenters. The van der Waals surface area contributed by atoms with E-state index in [0.717, 1.165) is 0 Å². The van der Waals surface area contributed by atoms with Crippen molar-refractivity contribution < 1.29 is 28.8 Å². The van der Waals surface area contributed by atoms with E-state index < -0.39 is 30.4 Å². The number of methoxy groups -OCH3 is 2. The van der Waals surface area contributed by atoms with Crippen LogP contribution in [0.2, 0.25) is 0 Å². The minimum absolute atomic E-state index is 0.337. The summed E-state index contributed by atoms with van der Waals surface area (Å²) < 4.78 is 27.0. The highest BCUT2D eigenvalue weighted by molar-refractivity contribution is 4.96. The van der Waals surface area contributed by atoms with Gasteiger partial charge in [0.1, 0.15) is 24.4 Å². The Hall–Kier alpha value is -0.240. The first-order valence-corrected chi connectivity index (χ1v) is 5.69. The Morgan fingerprint density at radius 2 is 2.00 bits per heavy atom. The van der Waals surface area contributed by atoms with Gasteiger partial charge in [0.05, 0.1) is 6.61 Å². The Balaban J connectivity index is 2.02. The molecule has 0 bridgehead atoms. The molecule has 5 atom stereocenters. The molecule has 17 heavy (non-hydrogen) atoms. The fraction of sp³-hybridized carbons (Fsp3) is 1.00. The van der Waals surface area contributed by atoms with Gasteiger partial charge >= 0.3 is 0 Å². The molecule has 2 rings (SSSR count). The summed E-state index contributed by atoms with van der Waals surface area (Å²) in [5.74, 6) is -0.717. The van der Waals surface area contributed by atoms with Gasteiger partial charge < -0.3 is 28.8 Å². The highest BCUT2D eigenvalue weighted by atomic mass is 16.8. The van der Waals surface area contributed by atoms with Crippen LogP contribution in [0.4, 0.5) is 0 Å². The molecular formula is C11H20O6. The Kier molecular flexibility index (Phi) is 3.72. The second-order valence-corrected chi connectivity index (χ2v) is 4.79. The van der Waals surface area contributed by atoms with Crippen molar-refractivity contribution in [2.45, 2.75) is 50.3 Å². The fourth-order valence-electron chi connectivity index (χ4n) is 2.28. The lowest BCUT2D eigenvalue weighted by Gasteiger charge is -2.27. The van der Waals surface area contributed by atoms with Crippen LogP contribution in [0.3, 0.4) is 0 Å². The molecular weight excluding hydrogens is 228 g/mol. The van der Waals surface area contributed by atoms with Crippen LogP contribution in [0.25, 0.3) is 0 Å². The first-order chi connectivity index (χ1) is 7.98. The molecule has 0 spiro atoms. The molecule has 0 amide bonds. The predicted octanol–water partition coefficient (Wildman–Crippen LogP) is -0.115. The average molecular weight is 248 g/mol. The lowest BCUT2D eigenvalue weighted by atomic mass is 10.1. The van der Waals surface area contributed by atoms with Gasteiger partial charge in [-0.3, -0.25) is 0 Å². The van der Waals surface area contributed by atoms with E-state index in [1.165, 1.54) is 0 Å². The van der Waals surface area contributed by atoms with Gasteiger partial charge in [-0.1, -0.05) is 0 Å². The predicted molar refractivity (Wildman–Crippen MR) is 57.4 cm³/mol. The number of aliphatic hydroxyl groups is 1. The molecule has 100 valence electrons. The van der Waals surface area contributed by atoms with E-state index in [1.807, 2.05) is 0 Å². The Labute approximate surface area is 101 Å². The van der Waals surface area contributed by atoms with Crippen molar-refractivity contribution in [3.8, 4) is 0 Å². The number of ether oxygens (including phenoxy) is 5. The molecule has 0 aromatic heterocycles. The normalized spacial score (nSPS) is 41.5. The Morgan fingerprint density at radius 1 is 1.29 bits per heavy atom. The van der Waals surface area contributed by atoms with E-state index in [9.17, 15) is 5.11 Å². The van der Waals surface area contributed by atoms with E-state index in [4.69, 9.17) is 23.7 Å². The quantitative estimate of drug-likeness (QED) is 0.748. The average Bonchev–Trinajstić information content (AvgIpc) is 2.70. The summed E-state index contributed by atoms with van der Waals surface area (Å²) in [6.45, 7) is 3.93. The summed E-state index contributed by atoms with van der Waals surface area (Å²) in [5.41, 5.74) is 0. The monoisotopic (exact) mass is 248 g/mol. The number of hydrogen-bond acceptors (Lipinski definition) is 6. The SMILES string of the molecule is COC[C@@H](OC)[C@H]1O[C@@H]2OC(C)(C)O[C@@H]2[C@H]1O. The Morgan fingerprint density at radius 3 is 2.53 bits per heavy atom. The van der Waals surface area contributed by atoms with E-state index in [0.29, 0.717) is 6.61 Å². The second-order valence-electron chi connectivity index (χ2n) is 4.79. The molecule has 2 saturated heterocycles. The minimum atomic E-state index is -0.776. The lowest BCUT2D eigenvalue weighted by molar-refractivity contribution is -0.229. The third-order valence-electron chi connectivity index (χ3n) is 3.05. The van der Waals surface area contributed by atoms with Gasteiger partial charge in [0.15, 0.2) is 12.1 Å². The maximum atomic E-state index is 10.2. The Bertz CT molecular complexity index is 269. The zero-order valence-corrected chi connectivity index (χ0v) is 10.6. The summed E-state index contributed by atoms with van der Waals surface area (Å²) in [6, 6.07) is 0. The zero-order valence-electron chi connectivity index (χ0n) is 10.6. The van der Waals surface area contributed by atoms with Crippen LogP contribution in [0.5, 0.6) is 0 Å². The van der Waals surface area contributed by atoms with Gasteiger partial charge in [-0.2, -0.15) is 0 Å². The topological polar surface area (TPSA) is 66.4 Å². The van der Waals surface area contributed by atoms with Crippen molar-refractivity contribution in [1.29, 1.82) is 0 Å². The lowest BCUT2D eigenvalue weighted by Crippen LogP contribution is -2.43. The molecule has 1 N–H and O–H groups in total. The maximum Gasteiger partial charge on any atom is 0.190 e. The van der Waals surface area contributed by atoms with Crippen LogP contribution >= 0.6 is 0 Å². The van der Waals surface area contributed by atoms with Crippen molar-refractivity contribution in [3.63, 3.8) is 0 Å². The van der Waals surface area contributed by atoms with E-state index in [1.54, 1.807) is 28.1 Å². The molecule has 0 aromatic carbocycles. The molecule has 0 aliphatic carbocycles. The van der Waals surface area contributed by atoms with Crippen molar-refractivity contribution >= 4 is 0 Å². The number of fused-ring (bicyclic) bond motifs is 1. The molecule has 2 heterocycles. The van der Waals surface area contributed by atoms with Gasteiger partial charge in [0.25, 0.3) is 0 Å². The summed E-state index contributed by atoms with van der Waals surface area (Å²) in [4.78, 5) is 0. The van der Waals surface area contributed by atoms with Crippen LogP contribution < -0.4 is 0 Å². The van der Waals surface area contributed by atoms with Gasteiger partial charge in [-0.25, -0.2) is 0 Å². The zero-order chi connectivity index (χ0) is 12.6. The maximum absolute atomic E-state index is 10.2. The third kappa shape index (κ3) is 2.47. The summed E-state index contributed by atoms with van der Waals surface area (Å²) >= 11 is 0. The van der Waals surface area contributed by atoms with Crippen molar-refractivity contribution in [3.05, 3.63) is 0 Å². The molecule has 2 fully saturated rings. The van der Waals surface area contributed by atoms with Gasteiger partial charge in [-0.05, 0) is 13.8 Å². The first kappa shape index (κ1) is 13.2. The van der Waals surface area contributed by atoms with Crippen molar-refractivity contribution in [2.24, 2.45) is 0 Å². The molecule has 2 aliphatic rings. The molecule has 0 radical (unpaired) electrons. The van der Waals surface area contributed by atoms with Gasteiger partial charge in [-0.15, -0.1) is 0 Å². The highest BCUT2D eigenvalue weighted by Gasteiger charge is 2.56. The number of hydrogen-bond donors (Lipinski definition) is 1. The highest BCUT2D eigenvalue weighted by Crippen LogP contribution is 2.38. The van der Waals surface area contributed by atoms with Gasteiger partial charge in [0.2, 0.25) is 0 Å². The largest absolute Gasteiger partial charge is 0.387 e. The summed E-state index contributed by atoms with van der Waals surface area (Å²) in [5, 5.41) is 10.2. The smallest absolute Gasteiger partial charge is 0.190 e. The van der Waals surface area contributed by atoms with Crippen molar-refractivity contribution in [2.75, 3.05) is 20.8 Å². The fourth-order valence-corrected chi connectivity index (χ4v) is 2.28. The van der Waals surface area contributed by atoms with Crippen LogP contribution in [-0.2, 0) is 23.7 Å². The molecule has 0 aromatic rings.